The molecular weight excluding hydrogens is 442 g/mol. The number of nitrogens with zero attached hydrogens (tertiary/aromatic N) is 4. The van der Waals surface area contributed by atoms with Gasteiger partial charge in [-0.3, -0.25) is 19.5 Å². The summed E-state index contributed by atoms with van der Waals surface area (Å²) in [4.78, 5) is 22.6. The van der Waals surface area contributed by atoms with Gasteiger partial charge in [0.1, 0.15) is 5.75 Å². The molecule has 172 valence electrons. The number of rotatable bonds is 10. The molecule has 0 aliphatic heterocycles. The van der Waals surface area contributed by atoms with Crippen LogP contribution in [-0.4, -0.2) is 31.3 Å². The number of nitrogens with one attached hydrogen (secondary N) is 1. The van der Waals surface area contributed by atoms with Crippen molar-refractivity contribution in [2.45, 2.75) is 38.6 Å². The van der Waals surface area contributed by atoms with E-state index in [1.54, 1.807) is 6.08 Å². The molecule has 3 aromatic rings. The summed E-state index contributed by atoms with van der Waals surface area (Å²) in [5.41, 5.74) is 2.78. The Balaban J connectivity index is 1.65. The highest BCUT2D eigenvalue weighted by atomic mass is 32.2. The molecule has 0 aliphatic carbocycles. The monoisotopic (exact) mass is 467 g/mol. The van der Waals surface area contributed by atoms with Crippen molar-refractivity contribution >= 4 is 29.0 Å². The molecule has 1 N–H and O–H groups in total. The number of carbonyl (C=O) groups is 1. The second-order valence-corrected chi connectivity index (χ2v) is 8.33. The zero-order valence-electron chi connectivity index (χ0n) is 18.6. The highest BCUT2D eigenvalue weighted by molar-refractivity contribution is 7.99. The lowest BCUT2D eigenvalue weighted by Gasteiger charge is -2.16. The maximum absolute atomic E-state index is 12.3. The Labute approximate surface area is 196 Å². The van der Waals surface area contributed by atoms with E-state index in [0.717, 1.165) is 11.3 Å². The van der Waals surface area contributed by atoms with Gasteiger partial charge in [-0.15, -0.1) is 16.8 Å². The highest BCUT2D eigenvalue weighted by Crippen LogP contribution is 2.26. The zero-order chi connectivity index (χ0) is 24.0. The fourth-order valence-corrected chi connectivity index (χ4v) is 3.80. The summed E-state index contributed by atoms with van der Waals surface area (Å²) in [7, 11) is 0. The number of nitro benzene ring substituents is 1. The molecule has 1 heterocycles. The van der Waals surface area contributed by atoms with E-state index in [2.05, 4.69) is 22.1 Å². The fourth-order valence-electron chi connectivity index (χ4n) is 3.05. The molecule has 0 aliphatic rings. The lowest BCUT2D eigenvalue weighted by molar-refractivity contribution is -0.384. The molecule has 0 bridgehead atoms. The van der Waals surface area contributed by atoms with E-state index in [9.17, 15) is 14.9 Å². The minimum absolute atomic E-state index is 0.0374. The van der Waals surface area contributed by atoms with Crippen molar-refractivity contribution in [3.63, 3.8) is 0 Å². The molecule has 1 unspecified atom stereocenters. The number of hydrogen-bond donors (Lipinski definition) is 1. The predicted octanol–water partition coefficient (Wildman–Crippen LogP) is 4.86. The molecule has 1 amide bonds. The van der Waals surface area contributed by atoms with E-state index in [1.807, 2.05) is 43.5 Å². The first-order chi connectivity index (χ1) is 15.8. The molecule has 1 atom stereocenters. The summed E-state index contributed by atoms with van der Waals surface area (Å²) >= 11 is 1.24. The molecular formula is C23H25N5O4S. The van der Waals surface area contributed by atoms with Crippen LogP contribution in [-0.2, 0) is 11.3 Å². The minimum atomic E-state index is -0.490. The Morgan fingerprint density at radius 3 is 2.61 bits per heavy atom. The van der Waals surface area contributed by atoms with Crippen molar-refractivity contribution in [3.05, 3.63) is 82.2 Å². The number of aryl methyl sites for hydroxylation is 2. The normalized spacial score (nSPS) is 11.6. The van der Waals surface area contributed by atoms with Gasteiger partial charge in [0.05, 0.1) is 10.7 Å². The number of non-ortho nitro benzene ring substituents is 1. The molecule has 0 radical (unpaired) electrons. The molecule has 0 fully saturated rings. The molecule has 33 heavy (non-hydrogen) atoms. The van der Waals surface area contributed by atoms with Gasteiger partial charge in [-0.05, 0) is 56.2 Å². The van der Waals surface area contributed by atoms with Crippen LogP contribution in [0.1, 0.15) is 30.0 Å². The lowest BCUT2D eigenvalue weighted by atomic mass is 10.1. The number of hydrogen-bond acceptors (Lipinski definition) is 7. The molecule has 0 saturated carbocycles. The molecule has 1 aromatic heterocycles. The number of benzene rings is 2. The van der Waals surface area contributed by atoms with E-state index >= 15 is 0 Å². The van der Waals surface area contributed by atoms with Crippen molar-refractivity contribution in [2.75, 3.05) is 11.1 Å². The average molecular weight is 468 g/mol. The van der Waals surface area contributed by atoms with Crippen LogP contribution in [0.5, 0.6) is 5.75 Å². The van der Waals surface area contributed by atoms with Gasteiger partial charge in [0.2, 0.25) is 5.91 Å². The summed E-state index contributed by atoms with van der Waals surface area (Å²) in [6, 6.07) is 11.6. The Morgan fingerprint density at radius 1 is 1.24 bits per heavy atom. The summed E-state index contributed by atoms with van der Waals surface area (Å²) in [5, 5.41) is 22.5. The molecule has 0 spiro atoms. The number of ether oxygens (including phenoxy) is 1. The average Bonchev–Trinajstić information content (AvgIpc) is 3.18. The SMILES string of the molecule is C=CCn1c(SCC(=O)Nc2ccc([N+](=O)[O-])cc2)nnc1C(C)Oc1ccc(C)c(C)c1. The quantitative estimate of drug-likeness (QED) is 0.196. The zero-order valence-corrected chi connectivity index (χ0v) is 19.5. The largest absolute Gasteiger partial charge is 0.483 e. The third-order valence-electron chi connectivity index (χ3n) is 4.91. The summed E-state index contributed by atoms with van der Waals surface area (Å²) in [6.07, 6.45) is 1.37. The van der Waals surface area contributed by atoms with Gasteiger partial charge in [-0.2, -0.15) is 0 Å². The van der Waals surface area contributed by atoms with Gasteiger partial charge in [0.15, 0.2) is 17.1 Å². The maximum atomic E-state index is 12.3. The van der Waals surface area contributed by atoms with Gasteiger partial charge in [-0.25, -0.2) is 0 Å². The maximum Gasteiger partial charge on any atom is 0.269 e. The molecule has 0 saturated heterocycles. The Kier molecular flexibility index (Phi) is 7.83. The van der Waals surface area contributed by atoms with Crippen LogP contribution < -0.4 is 10.1 Å². The van der Waals surface area contributed by atoms with Gasteiger partial charge in [0, 0.05) is 24.4 Å². The number of carbonyl (C=O) groups excluding carboxylic acids is 1. The second kappa shape index (κ2) is 10.8. The smallest absolute Gasteiger partial charge is 0.269 e. The van der Waals surface area contributed by atoms with E-state index in [0.29, 0.717) is 23.2 Å². The number of anilines is 1. The predicted molar refractivity (Wildman–Crippen MR) is 128 cm³/mol. The second-order valence-electron chi connectivity index (χ2n) is 7.39. The van der Waals surface area contributed by atoms with Crippen LogP contribution >= 0.6 is 11.8 Å². The van der Waals surface area contributed by atoms with E-state index in [1.165, 1.54) is 41.6 Å². The van der Waals surface area contributed by atoms with Crippen molar-refractivity contribution in [3.8, 4) is 5.75 Å². The molecule has 9 nitrogen and oxygen atoms in total. The summed E-state index contributed by atoms with van der Waals surface area (Å²) in [5.74, 6) is 1.21. The third kappa shape index (κ3) is 6.19. The van der Waals surface area contributed by atoms with Crippen molar-refractivity contribution in [2.24, 2.45) is 0 Å². The van der Waals surface area contributed by atoms with Gasteiger partial charge < -0.3 is 10.1 Å². The minimum Gasteiger partial charge on any atom is -0.483 e. The van der Waals surface area contributed by atoms with Gasteiger partial charge in [0.25, 0.3) is 5.69 Å². The number of amides is 1. The van der Waals surface area contributed by atoms with Crippen LogP contribution in [0, 0.1) is 24.0 Å². The van der Waals surface area contributed by atoms with Crippen molar-refractivity contribution < 1.29 is 14.5 Å². The van der Waals surface area contributed by atoms with E-state index in [-0.39, 0.29) is 23.5 Å². The van der Waals surface area contributed by atoms with E-state index < -0.39 is 4.92 Å². The molecule has 3 rings (SSSR count). The summed E-state index contributed by atoms with van der Waals surface area (Å²) < 4.78 is 7.94. The molecule has 10 heteroatoms. The molecule has 2 aromatic carbocycles. The topological polar surface area (TPSA) is 112 Å². The summed E-state index contributed by atoms with van der Waals surface area (Å²) in [6.45, 7) is 10.2. The standard InChI is InChI=1S/C23H25N5O4S/c1-5-12-27-22(17(4)32-20-11-6-15(2)16(3)13-20)25-26-23(27)33-14-21(29)24-18-7-9-19(10-8-18)28(30)31/h5-11,13,17H,1,12,14H2,2-4H3,(H,24,29). The van der Waals surface area contributed by atoms with Crippen molar-refractivity contribution in [1.29, 1.82) is 0 Å². The van der Waals surface area contributed by atoms with Crippen molar-refractivity contribution in [1.82, 2.24) is 14.8 Å². The highest BCUT2D eigenvalue weighted by Gasteiger charge is 2.20. The Bertz CT molecular complexity index is 1160. The van der Waals surface area contributed by atoms with Crippen LogP contribution in [0.2, 0.25) is 0 Å². The number of allylic oxidation sites excluding steroid dienone is 1. The van der Waals surface area contributed by atoms with Crippen LogP contribution in [0.25, 0.3) is 0 Å². The lowest BCUT2D eigenvalue weighted by Crippen LogP contribution is -2.15. The van der Waals surface area contributed by atoms with Gasteiger partial charge >= 0.3 is 0 Å². The Hall–Kier alpha value is -3.66. The van der Waals surface area contributed by atoms with Crippen LogP contribution in [0.3, 0.4) is 0 Å². The number of aromatic nitrogens is 3. The number of nitro groups is 1. The number of thioether (sulfide) groups is 1. The first-order valence-corrected chi connectivity index (χ1v) is 11.2. The van der Waals surface area contributed by atoms with E-state index in [4.69, 9.17) is 4.74 Å². The first-order valence-electron chi connectivity index (χ1n) is 10.2. The van der Waals surface area contributed by atoms with Gasteiger partial charge in [-0.1, -0.05) is 23.9 Å². The van der Waals surface area contributed by atoms with Crippen LogP contribution in [0.15, 0.2) is 60.3 Å². The third-order valence-corrected chi connectivity index (χ3v) is 5.87. The fraction of sp³-hybridized carbons (Fsp3) is 0.261. The Morgan fingerprint density at radius 2 is 1.97 bits per heavy atom. The first kappa shape index (κ1) is 24.0. The van der Waals surface area contributed by atoms with Crippen LogP contribution in [0.4, 0.5) is 11.4 Å².